The third kappa shape index (κ3) is 2.67. The van der Waals surface area contributed by atoms with Crippen LogP contribution in [0, 0.1) is 6.92 Å². The van der Waals surface area contributed by atoms with Gasteiger partial charge in [0.2, 0.25) is 0 Å². The van der Waals surface area contributed by atoms with Gasteiger partial charge >= 0.3 is 0 Å². The third-order valence-electron chi connectivity index (χ3n) is 5.12. The highest BCUT2D eigenvalue weighted by molar-refractivity contribution is 7.21. The van der Waals surface area contributed by atoms with E-state index in [1.54, 1.807) is 0 Å². The van der Waals surface area contributed by atoms with Crippen LogP contribution in [0.4, 0.5) is 5.69 Å². The highest BCUT2D eigenvalue weighted by Crippen LogP contribution is 2.39. The number of anilines is 1. The summed E-state index contributed by atoms with van der Waals surface area (Å²) in [7, 11) is 0. The van der Waals surface area contributed by atoms with Crippen molar-refractivity contribution in [3.8, 4) is 0 Å². The molecule has 0 spiro atoms. The van der Waals surface area contributed by atoms with Crippen LogP contribution in [0.3, 0.4) is 0 Å². The first-order valence-electron chi connectivity index (χ1n) is 8.75. The Morgan fingerprint density at radius 2 is 2.12 bits per heavy atom. The van der Waals surface area contributed by atoms with Gasteiger partial charge in [0.05, 0.1) is 11.8 Å². The molecule has 3 N–H and O–H groups in total. The number of thiophene rings is 1. The Balaban J connectivity index is 1.66. The van der Waals surface area contributed by atoms with E-state index in [4.69, 9.17) is 15.5 Å². The molecule has 2 aromatic heterocycles. The predicted molar refractivity (Wildman–Crippen MR) is 96.7 cm³/mol. The smallest absolute Gasteiger partial charge is 0.263 e. The maximum Gasteiger partial charge on any atom is 0.263 e. The highest BCUT2D eigenvalue weighted by atomic mass is 32.1. The van der Waals surface area contributed by atoms with E-state index in [-0.39, 0.29) is 12.0 Å². The van der Waals surface area contributed by atoms with E-state index in [2.05, 4.69) is 12.2 Å². The molecule has 1 aliphatic heterocycles. The lowest BCUT2D eigenvalue weighted by atomic mass is 9.89. The summed E-state index contributed by atoms with van der Waals surface area (Å²) in [6.07, 6.45) is 6.71. The number of aromatic nitrogens is 1. The number of carbonyl (C=O) groups is 1. The van der Waals surface area contributed by atoms with Gasteiger partial charge in [0.15, 0.2) is 0 Å². The van der Waals surface area contributed by atoms with E-state index in [1.165, 1.54) is 35.3 Å². The Morgan fingerprint density at radius 3 is 2.88 bits per heavy atom. The highest BCUT2D eigenvalue weighted by Gasteiger charge is 2.24. The molecule has 0 saturated carbocycles. The fraction of sp³-hybridized carbons (Fsp3) is 0.556. The van der Waals surface area contributed by atoms with Crippen LogP contribution in [0.5, 0.6) is 0 Å². The number of nitrogens with one attached hydrogen (secondary N) is 1. The molecule has 1 aliphatic carbocycles. The number of nitrogen functional groups attached to an aromatic ring is 1. The molecule has 24 heavy (non-hydrogen) atoms. The molecule has 4 rings (SSSR count). The Morgan fingerprint density at radius 1 is 1.33 bits per heavy atom. The summed E-state index contributed by atoms with van der Waals surface area (Å²) in [6.45, 7) is 3.41. The van der Waals surface area contributed by atoms with Crippen LogP contribution in [0.2, 0.25) is 0 Å². The van der Waals surface area contributed by atoms with Crippen LogP contribution in [0.25, 0.3) is 10.2 Å². The van der Waals surface area contributed by atoms with E-state index in [1.807, 2.05) is 0 Å². The zero-order valence-electron chi connectivity index (χ0n) is 14.0. The second kappa shape index (κ2) is 6.33. The molecule has 2 aromatic rings. The standard InChI is InChI=1S/C18H23N3O2S/c1-10-12-6-2-3-7-13(12)14-15(19)16(24-18(14)21-10)17(22)20-9-11-5-4-8-23-11/h11H,2-9,19H2,1H3,(H,20,22)/t11-/m1/s1. The van der Waals surface area contributed by atoms with Crippen LogP contribution in [-0.4, -0.2) is 30.1 Å². The number of fused-ring (bicyclic) bond motifs is 3. The minimum Gasteiger partial charge on any atom is -0.397 e. The van der Waals surface area contributed by atoms with Crippen molar-refractivity contribution in [1.29, 1.82) is 0 Å². The number of hydrogen-bond acceptors (Lipinski definition) is 5. The normalized spacial score (nSPS) is 20.3. The zero-order chi connectivity index (χ0) is 16.7. The number of aryl methyl sites for hydroxylation is 2. The summed E-state index contributed by atoms with van der Waals surface area (Å²) in [5.74, 6) is -0.104. The van der Waals surface area contributed by atoms with Crippen molar-refractivity contribution in [3.63, 3.8) is 0 Å². The molecule has 2 aliphatic rings. The van der Waals surface area contributed by atoms with Crippen LogP contribution >= 0.6 is 11.3 Å². The van der Waals surface area contributed by atoms with Crippen molar-refractivity contribution in [2.45, 2.75) is 51.6 Å². The largest absolute Gasteiger partial charge is 0.397 e. The lowest BCUT2D eigenvalue weighted by molar-refractivity contribution is 0.0862. The van der Waals surface area contributed by atoms with Crippen molar-refractivity contribution < 1.29 is 9.53 Å². The number of nitrogens with zero attached hydrogens (tertiary/aromatic N) is 1. The fourth-order valence-electron chi connectivity index (χ4n) is 3.86. The first kappa shape index (κ1) is 15.8. The minimum atomic E-state index is -0.104. The van der Waals surface area contributed by atoms with Gasteiger partial charge in [-0.2, -0.15) is 0 Å². The van der Waals surface area contributed by atoms with Crippen molar-refractivity contribution in [2.75, 3.05) is 18.9 Å². The average molecular weight is 345 g/mol. The van der Waals surface area contributed by atoms with Crippen LogP contribution in [-0.2, 0) is 17.6 Å². The number of pyridine rings is 1. The van der Waals surface area contributed by atoms with Gasteiger partial charge < -0.3 is 15.8 Å². The molecule has 0 unspecified atom stereocenters. The number of hydrogen-bond donors (Lipinski definition) is 2. The topological polar surface area (TPSA) is 77.2 Å². The van der Waals surface area contributed by atoms with Crippen LogP contribution < -0.4 is 11.1 Å². The van der Waals surface area contributed by atoms with Gasteiger partial charge in [-0.1, -0.05) is 0 Å². The van der Waals surface area contributed by atoms with Crippen molar-refractivity contribution >= 4 is 33.1 Å². The van der Waals surface area contributed by atoms with E-state index in [9.17, 15) is 4.79 Å². The first-order chi connectivity index (χ1) is 11.6. The van der Waals surface area contributed by atoms with Gasteiger partial charge in [-0.25, -0.2) is 4.98 Å². The molecule has 0 radical (unpaired) electrons. The molecular formula is C18H23N3O2S. The molecule has 3 heterocycles. The van der Waals surface area contributed by atoms with Crippen LogP contribution in [0.1, 0.15) is 52.2 Å². The maximum atomic E-state index is 12.6. The molecular weight excluding hydrogens is 322 g/mol. The monoisotopic (exact) mass is 345 g/mol. The molecule has 0 aromatic carbocycles. The maximum absolute atomic E-state index is 12.6. The molecule has 1 saturated heterocycles. The molecule has 128 valence electrons. The fourth-order valence-corrected chi connectivity index (χ4v) is 4.95. The summed E-state index contributed by atoms with van der Waals surface area (Å²) < 4.78 is 5.56. The second-order valence-electron chi connectivity index (χ2n) is 6.73. The van der Waals surface area contributed by atoms with E-state index >= 15 is 0 Å². The molecule has 0 bridgehead atoms. The van der Waals surface area contributed by atoms with Gasteiger partial charge in [-0.15, -0.1) is 11.3 Å². The number of amides is 1. The molecule has 1 amide bonds. The lowest BCUT2D eigenvalue weighted by Crippen LogP contribution is -2.31. The van der Waals surface area contributed by atoms with Crippen LogP contribution in [0.15, 0.2) is 0 Å². The third-order valence-corrected chi connectivity index (χ3v) is 6.22. The van der Waals surface area contributed by atoms with Gasteiger partial charge in [-0.05, 0) is 56.6 Å². The average Bonchev–Trinajstić information content (AvgIpc) is 3.21. The lowest BCUT2D eigenvalue weighted by Gasteiger charge is -2.18. The summed E-state index contributed by atoms with van der Waals surface area (Å²) in [5.41, 5.74) is 10.7. The summed E-state index contributed by atoms with van der Waals surface area (Å²) in [4.78, 5) is 18.8. The number of rotatable bonds is 3. The quantitative estimate of drug-likeness (QED) is 0.896. The first-order valence-corrected chi connectivity index (χ1v) is 9.57. The van der Waals surface area contributed by atoms with Crippen molar-refractivity contribution in [2.24, 2.45) is 0 Å². The number of carbonyl (C=O) groups excluding carboxylic acids is 1. The molecule has 6 heteroatoms. The zero-order valence-corrected chi connectivity index (χ0v) is 14.8. The number of nitrogens with two attached hydrogens (primary N) is 1. The molecule has 1 fully saturated rings. The Labute approximate surface area is 145 Å². The number of ether oxygens (including phenoxy) is 1. The Kier molecular flexibility index (Phi) is 4.18. The van der Waals surface area contributed by atoms with E-state index < -0.39 is 0 Å². The van der Waals surface area contributed by atoms with Crippen molar-refractivity contribution in [1.82, 2.24) is 10.3 Å². The van der Waals surface area contributed by atoms with Gasteiger partial charge in [0, 0.05) is 24.2 Å². The summed E-state index contributed by atoms with van der Waals surface area (Å²) >= 11 is 1.41. The second-order valence-corrected chi connectivity index (χ2v) is 7.73. The summed E-state index contributed by atoms with van der Waals surface area (Å²) in [5, 5.41) is 3.99. The van der Waals surface area contributed by atoms with Gasteiger partial charge in [-0.3, -0.25) is 4.79 Å². The van der Waals surface area contributed by atoms with Gasteiger partial charge in [0.1, 0.15) is 9.71 Å². The van der Waals surface area contributed by atoms with Crippen molar-refractivity contribution in [3.05, 3.63) is 21.7 Å². The summed E-state index contributed by atoms with van der Waals surface area (Å²) in [6, 6.07) is 0. The Hall–Kier alpha value is -1.66. The minimum absolute atomic E-state index is 0.104. The molecule has 1 atom stereocenters. The van der Waals surface area contributed by atoms with E-state index in [0.717, 1.165) is 48.2 Å². The Bertz CT molecular complexity index is 793. The van der Waals surface area contributed by atoms with Gasteiger partial charge in [0.25, 0.3) is 5.91 Å². The molecule has 5 nitrogen and oxygen atoms in total. The SMILES string of the molecule is Cc1nc2sc(C(=O)NC[C@H]3CCCO3)c(N)c2c2c1CCCC2. The van der Waals surface area contributed by atoms with E-state index in [0.29, 0.717) is 17.1 Å². The predicted octanol–water partition coefficient (Wildman–Crippen LogP) is 2.97.